The molecule has 322 valence electrons. The molecule has 1 saturated heterocycles. The average Bonchev–Trinajstić information content (AvgIpc) is 3.74. The molecule has 4 aromatic carbocycles. The number of dihydropyridines is 1. The summed E-state index contributed by atoms with van der Waals surface area (Å²) < 4.78 is 21.9. The lowest BCUT2D eigenvalue weighted by Crippen LogP contribution is -2.47. The molecule has 11 rings (SSSR count). The highest BCUT2D eigenvalue weighted by molar-refractivity contribution is 5.88. The Balaban J connectivity index is 1.02. The maximum absolute atomic E-state index is 11.8. The van der Waals surface area contributed by atoms with Crippen LogP contribution in [0.5, 0.6) is 17.2 Å². The number of benzene rings is 4. The van der Waals surface area contributed by atoms with Gasteiger partial charge in [0.05, 0.1) is 31.6 Å². The molecule has 1 aromatic heterocycles. The summed E-state index contributed by atoms with van der Waals surface area (Å²) in [5.41, 5.74) is 15.6. The van der Waals surface area contributed by atoms with Gasteiger partial charge in [0, 0.05) is 58.7 Å². The van der Waals surface area contributed by atoms with Gasteiger partial charge in [0.1, 0.15) is 18.2 Å². The Morgan fingerprint density at radius 3 is 2.65 bits per heavy atom. The van der Waals surface area contributed by atoms with Crippen molar-refractivity contribution in [1.29, 1.82) is 0 Å². The quantitative estimate of drug-likeness (QED) is 0.0980. The van der Waals surface area contributed by atoms with Crippen LogP contribution >= 0.6 is 0 Å². The molecule has 62 heavy (non-hydrogen) atoms. The number of nitrogens with zero attached hydrogens (tertiary/aromatic N) is 1. The summed E-state index contributed by atoms with van der Waals surface area (Å²) in [5, 5.41) is 38.5. The van der Waals surface area contributed by atoms with Crippen molar-refractivity contribution in [3.05, 3.63) is 148 Å². The number of aliphatic hydroxyl groups is 1. The van der Waals surface area contributed by atoms with Crippen LogP contribution in [-0.2, 0) is 40.8 Å². The number of hydrogen-bond donors (Lipinski definition) is 5. The Hall–Kier alpha value is -5.32. The Labute approximate surface area is 364 Å². The number of aromatic hydroxyl groups is 2. The highest BCUT2D eigenvalue weighted by Crippen LogP contribution is 2.52. The molecule has 0 radical (unpaired) electrons. The van der Waals surface area contributed by atoms with Crippen LogP contribution in [0.4, 0.5) is 0 Å². The minimum Gasteiger partial charge on any atom is -0.508 e. The first-order valence-corrected chi connectivity index (χ1v) is 22.8. The molecule has 9 nitrogen and oxygen atoms in total. The SMILES string of the molecule is NC1C=CC2=C(N1)n1cc3cc(C45CCOCC4CCc4ccccc45)cc(c3c1)COc1c(O)ccc3c1C=CC(C3)C(O)CC(CCCCCCc1ccc(O)cc1)OC2. The van der Waals surface area contributed by atoms with E-state index in [4.69, 9.17) is 19.9 Å². The number of fused-ring (bicyclic) bond motifs is 8. The molecule has 0 saturated carbocycles. The first-order chi connectivity index (χ1) is 30.3. The number of nitrogens with one attached hydrogen (secondary N) is 1. The smallest absolute Gasteiger partial charge is 0.168 e. The van der Waals surface area contributed by atoms with E-state index in [1.54, 1.807) is 18.2 Å². The van der Waals surface area contributed by atoms with E-state index < -0.39 is 6.10 Å². The number of unbranched alkanes of at least 4 members (excludes halogenated alkanes) is 3. The molecule has 5 heterocycles. The van der Waals surface area contributed by atoms with Crippen molar-refractivity contribution in [2.24, 2.45) is 17.6 Å². The fraction of sp³-hybridized carbons (Fsp3) is 0.396. The number of phenolic OH excluding ortho intramolecular Hbond substituents is 2. The van der Waals surface area contributed by atoms with Crippen molar-refractivity contribution >= 4 is 22.7 Å². The van der Waals surface area contributed by atoms with E-state index in [1.807, 2.05) is 30.4 Å². The molecule has 6 unspecified atom stereocenters. The fourth-order valence-corrected chi connectivity index (χ4v) is 11.1. The predicted octanol–water partition coefficient (Wildman–Crippen LogP) is 9.04. The van der Waals surface area contributed by atoms with Gasteiger partial charge < -0.3 is 45.1 Å². The van der Waals surface area contributed by atoms with E-state index in [2.05, 4.69) is 70.8 Å². The third-order valence-electron chi connectivity index (χ3n) is 14.4. The van der Waals surface area contributed by atoms with Crippen molar-refractivity contribution in [2.45, 2.75) is 101 Å². The van der Waals surface area contributed by atoms with E-state index in [0.717, 1.165) is 103 Å². The molecule has 6 aliphatic rings. The molecule has 6 bridgehead atoms. The maximum atomic E-state index is 11.8. The van der Waals surface area contributed by atoms with Gasteiger partial charge in [-0.1, -0.05) is 86.0 Å². The third-order valence-corrected chi connectivity index (χ3v) is 14.4. The van der Waals surface area contributed by atoms with Crippen LogP contribution in [0.25, 0.3) is 22.7 Å². The van der Waals surface area contributed by atoms with Gasteiger partial charge in [-0.3, -0.25) is 0 Å². The van der Waals surface area contributed by atoms with Gasteiger partial charge in [0.2, 0.25) is 0 Å². The van der Waals surface area contributed by atoms with E-state index in [-0.39, 0.29) is 36.0 Å². The Bertz CT molecular complexity index is 2520. The largest absolute Gasteiger partial charge is 0.508 e. The number of ether oxygens (including phenoxy) is 3. The minimum atomic E-state index is -0.612. The topological polar surface area (TPSA) is 131 Å². The first-order valence-electron chi connectivity index (χ1n) is 22.8. The van der Waals surface area contributed by atoms with E-state index >= 15 is 0 Å². The van der Waals surface area contributed by atoms with Crippen LogP contribution in [0.1, 0.15) is 90.3 Å². The van der Waals surface area contributed by atoms with E-state index in [9.17, 15) is 15.3 Å². The molecule has 9 heteroatoms. The molecule has 5 aromatic rings. The van der Waals surface area contributed by atoms with Gasteiger partial charge in [0.25, 0.3) is 0 Å². The summed E-state index contributed by atoms with van der Waals surface area (Å²) in [6.07, 6.45) is 21.6. The monoisotopic (exact) mass is 833 g/mol. The number of rotatable bonds is 8. The summed E-state index contributed by atoms with van der Waals surface area (Å²) in [6.45, 7) is 2.07. The standard InChI is InChI=1S/C53H59N3O6/c54-50-22-16-38-31-61-44(9-4-2-1-3-7-34-11-18-43(57)19-12-34)28-49(59)37-14-20-45-36(25-37)15-21-48(58)51(45)62-32-40-27-42(26-39-29-56(30-46(39)40)52(38)55-50)53-23-24-60-33-41(53)17-13-35-8-5-6-10-47(35)53/h5-6,8,10-12,14-16,18-22,26-27,29-30,37,41,44,49-50,55,57-59H,1-4,7,9,13,17,23-25,28,31-33,54H2. The van der Waals surface area contributed by atoms with Gasteiger partial charge in [-0.05, 0) is 115 Å². The number of nitrogens with two attached hydrogens (primary N) is 1. The van der Waals surface area contributed by atoms with Gasteiger partial charge in [-0.25, -0.2) is 0 Å². The second kappa shape index (κ2) is 17.4. The lowest BCUT2D eigenvalue weighted by Gasteiger charge is -2.49. The number of aromatic nitrogens is 1. The fourth-order valence-electron chi connectivity index (χ4n) is 11.1. The lowest BCUT2D eigenvalue weighted by molar-refractivity contribution is 0.00497. The summed E-state index contributed by atoms with van der Waals surface area (Å²) in [6, 6.07) is 24.9. The summed E-state index contributed by atoms with van der Waals surface area (Å²) in [5.74, 6) is 2.00. The van der Waals surface area contributed by atoms with Crippen molar-refractivity contribution in [3.8, 4) is 17.2 Å². The zero-order valence-electron chi connectivity index (χ0n) is 35.5. The van der Waals surface area contributed by atoms with Gasteiger partial charge in [0.15, 0.2) is 11.5 Å². The summed E-state index contributed by atoms with van der Waals surface area (Å²) in [4.78, 5) is 0. The molecule has 6 N–H and O–H groups in total. The molecule has 0 spiro atoms. The average molecular weight is 834 g/mol. The van der Waals surface area contributed by atoms with Crippen molar-refractivity contribution in [1.82, 2.24) is 9.88 Å². The lowest BCUT2D eigenvalue weighted by atomic mass is 9.57. The van der Waals surface area contributed by atoms with Crippen LogP contribution in [0.3, 0.4) is 0 Å². The van der Waals surface area contributed by atoms with Crippen LogP contribution in [-0.4, -0.2) is 58.1 Å². The molecule has 1 fully saturated rings. The first kappa shape index (κ1) is 40.7. The highest BCUT2D eigenvalue weighted by Gasteiger charge is 2.47. The number of aliphatic hydroxyl groups excluding tert-OH is 1. The van der Waals surface area contributed by atoms with E-state index in [0.29, 0.717) is 43.5 Å². The van der Waals surface area contributed by atoms with Crippen molar-refractivity contribution < 1.29 is 29.5 Å². The second-order valence-electron chi connectivity index (χ2n) is 18.3. The summed E-state index contributed by atoms with van der Waals surface area (Å²) in [7, 11) is 0. The van der Waals surface area contributed by atoms with Gasteiger partial charge in [-0.2, -0.15) is 0 Å². The van der Waals surface area contributed by atoms with Crippen LogP contribution in [0.15, 0.2) is 109 Å². The molecule has 2 aliphatic carbocycles. The predicted molar refractivity (Wildman–Crippen MR) is 244 cm³/mol. The van der Waals surface area contributed by atoms with Crippen LogP contribution in [0.2, 0.25) is 0 Å². The normalized spacial score (nSPS) is 25.7. The molecular formula is C53H59N3O6. The Kier molecular flexibility index (Phi) is 11.5. The number of phenols is 2. The number of aryl methyl sites for hydroxylation is 2. The molecule has 0 amide bonds. The zero-order valence-corrected chi connectivity index (χ0v) is 35.5. The van der Waals surface area contributed by atoms with Crippen molar-refractivity contribution in [2.75, 3.05) is 19.8 Å². The number of hydrogen-bond acceptors (Lipinski definition) is 8. The summed E-state index contributed by atoms with van der Waals surface area (Å²) >= 11 is 0. The maximum Gasteiger partial charge on any atom is 0.168 e. The molecule has 6 atom stereocenters. The van der Waals surface area contributed by atoms with Gasteiger partial charge >= 0.3 is 0 Å². The third kappa shape index (κ3) is 7.96. The molecular weight excluding hydrogens is 775 g/mol. The molecule has 4 aliphatic heterocycles. The second-order valence-corrected chi connectivity index (χ2v) is 18.3. The zero-order chi connectivity index (χ0) is 42.2. The van der Waals surface area contributed by atoms with Crippen molar-refractivity contribution in [3.63, 3.8) is 0 Å². The Morgan fingerprint density at radius 2 is 1.74 bits per heavy atom. The highest BCUT2D eigenvalue weighted by atomic mass is 16.5. The van der Waals surface area contributed by atoms with Crippen LogP contribution in [0, 0.1) is 11.8 Å². The minimum absolute atomic E-state index is 0.100. The van der Waals surface area contributed by atoms with Crippen LogP contribution < -0.4 is 15.8 Å². The van der Waals surface area contributed by atoms with Gasteiger partial charge in [-0.15, -0.1) is 0 Å². The Morgan fingerprint density at radius 1 is 0.871 bits per heavy atom. The van der Waals surface area contributed by atoms with E-state index in [1.165, 1.54) is 22.3 Å².